The SMILES string of the molecule is CCCCCCCc1c(/C=C/c2sc3c[c]([Sn]([CH3])([CH3])[CH3])sc3c2CCCCCCC)sc2c[c]([Sn]([CH3])([CH3])[CH3])sc12. The Morgan fingerprint density at radius 3 is 1.25 bits per heavy atom. The molecule has 0 amide bonds. The van der Waals surface area contributed by atoms with E-state index < -0.39 is 36.8 Å². The Hall–Kier alpha value is 0.657. The van der Waals surface area contributed by atoms with Gasteiger partial charge < -0.3 is 0 Å². The molecule has 220 valence electrons. The topological polar surface area (TPSA) is 0 Å². The molecule has 0 bridgehead atoms. The van der Waals surface area contributed by atoms with E-state index in [1.54, 1.807) is 35.7 Å². The van der Waals surface area contributed by atoms with E-state index in [4.69, 9.17) is 0 Å². The van der Waals surface area contributed by atoms with E-state index in [9.17, 15) is 0 Å². The normalized spacial score (nSPS) is 13.1. The van der Waals surface area contributed by atoms with Gasteiger partial charge in [-0.3, -0.25) is 0 Å². The van der Waals surface area contributed by atoms with Crippen LogP contribution in [0.2, 0.25) is 29.6 Å². The number of rotatable bonds is 16. The van der Waals surface area contributed by atoms with Gasteiger partial charge in [-0.2, -0.15) is 0 Å². The van der Waals surface area contributed by atoms with Crippen molar-refractivity contribution in [3.63, 3.8) is 0 Å². The molecule has 0 aliphatic carbocycles. The Kier molecular flexibility index (Phi) is 12.7. The summed E-state index contributed by atoms with van der Waals surface area (Å²) < 4.78 is 9.82. The fourth-order valence-electron chi connectivity index (χ4n) is 5.35. The zero-order chi connectivity index (χ0) is 28.9. The standard InChI is InChI=1S/C28H34S4.6CH3.2Sn/c1-3-5-7-9-11-13-21-23(31-25-17-19-29-27(21)25)15-16-24-22(14-12-10-8-6-4-2)28-26(32-24)18-20-30-28;;;;;;;;/h15-18H,3-14H2,1-2H3;6*1H3;;/b16-15+;;;;;;;;. The fraction of sp³-hybridized carbons (Fsp3) is 0.588. The number of thiophene rings is 4. The van der Waals surface area contributed by atoms with Crippen LogP contribution in [-0.4, -0.2) is 36.8 Å². The molecule has 0 nitrogen and oxygen atoms in total. The van der Waals surface area contributed by atoms with Crippen molar-refractivity contribution in [2.45, 2.75) is 121 Å². The van der Waals surface area contributed by atoms with Gasteiger partial charge in [0.25, 0.3) is 0 Å². The van der Waals surface area contributed by atoms with Gasteiger partial charge in [-0.15, -0.1) is 0 Å². The number of unbranched alkanes of at least 4 members (excludes halogenated alkanes) is 8. The molecule has 0 aliphatic heterocycles. The zero-order valence-corrected chi connectivity index (χ0v) is 35.4. The average Bonchev–Trinajstić information content (AvgIpc) is 3.62. The molecule has 0 spiro atoms. The molecular formula is C34H52S4Sn2. The van der Waals surface area contributed by atoms with Crippen LogP contribution in [0.25, 0.3) is 31.0 Å². The quantitative estimate of drug-likeness (QED) is 0.0780. The Bertz CT molecular complexity index is 1290. The molecular weight excluding hydrogens is 774 g/mol. The maximum absolute atomic E-state index is 2.58. The third kappa shape index (κ3) is 8.64. The van der Waals surface area contributed by atoms with Gasteiger partial charge in [-0.1, -0.05) is 0 Å². The van der Waals surface area contributed by atoms with E-state index in [2.05, 4.69) is 113 Å². The average molecular weight is 826 g/mol. The van der Waals surface area contributed by atoms with E-state index in [1.807, 2.05) is 0 Å². The fourth-order valence-corrected chi connectivity index (χ4v) is 21.6. The number of fused-ring (bicyclic) bond motifs is 2. The van der Waals surface area contributed by atoms with Crippen LogP contribution in [0.5, 0.6) is 0 Å². The molecule has 4 rings (SSSR count). The second-order valence-corrected chi connectivity index (χ2v) is 48.8. The monoisotopic (exact) mass is 828 g/mol. The van der Waals surface area contributed by atoms with E-state index in [1.165, 1.54) is 86.8 Å². The molecule has 4 aromatic heterocycles. The van der Waals surface area contributed by atoms with Crippen molar-refractivity contribution in [3.05, 3.63) is 33.0 Å². The molecule has 40 heavy (non-hydrogen) atoms. The van der Waals surface area contributed by atoms with Gasteiger partial charge in [-0.25, -0.2) is 0 Å². The van der Waals surface area contributed by atoms with Crippen LogP contribution in [0.4, 0.5) is 0 Å². The first-order valence-corrected chi connectivity index (χ1v) is 39.1. The van der Waals surface area contributed by atoms with E-state index >= 15 is 0 Å². The molecule has 0 saturated carbocycles. The molecule has 0 fully saturated rings. The van der Waals surface area contributed by atoms with Gasteiger partial charge in [0, 0.05) is 0 Å². The second-order valence-electron chi connectivity index (χ2n) is 13.7. The molecule has 0 atom stereocenters. The Labute approximate surface area is 269 Å². The van der Waals surface area contributed by atoms with Crippen LogP contribution in [0.3, 0.4) is 0 Å². The van der Waals surface area contributed by atoms with Gasteiger partial charge >= 0.3 is 272 Å². The third-order valence-electron chi connectivity index (χ3n) is 7.90. The number of hydrogen-bond donors (Lipinski definition) is 0. The van der Waals surface area contributed by atoms with E-state index in [0.29, 0.717) is 0 Å². The second kappa shape index (κ2) is 15.1. The van der Waals surface area contributed by atoms with Crippen molar-refractivity contribution in [2.75, 3.05) is 0 Å². The van der Waals surface area contributed by atoms with Crippen LogP contribution in [0, 0.1) is 0 Å². The Morgan fingerprint density at radius 1 is 0.525 bits per heavy atom. The van der Waals surface area contributed by atoms with Crippen molar-refractivity contribution in [1.82, 2.24) is 0 Å². The number of hydrogen-bond acceptors (Lipinski definition) is 4. The van der Waals surface area contributed by atoms with Crippen molar-refractivity contribution in [3.8, 4) is 0 Å². The van der Waals surface area contributed by atoms with E-state index in [0.717, 1.165) is 0 Å². The molecule has 0 N–H and O–H groups in total. The maximum atomic E-state index is 2.58. The van der Waals surface area contributed by atoms with Crippen molar-refractivity contribution in [1.29, 1.82) is 0 Å². The van der Waals surface area contributed by atoms with Crippen molar-refractivity contribution < 1.29 is 0 Å². The van der Waals surface area contributed by atoms with Crippen molar-refractivity contribution >= 4 is 119 Å². The summed E-state index contributed by atoms with van der Waals surface area (Å²) in [6.07, 6.45) is 21.1. The molecule has 6 heteroatoms. The van der Waals surface area contributed by atoms with Crippen LogP contribution in [0.1, 0.15) is 98.9 Å². The summed E-state index contributed by atoms with van der Waals surface area (Å²) in [5.41, 5.74) is 3.31. The number of aryl methyl sites for hydroxylation is 2. The van der Waals surface area contributed by atoms with Gasteiger partial charge in [0.2, 0.25) is 0 Å². The summed E-state index contributed by atoms with van der Waals surface area (Å²) in [5, 5.41) is 0. The molecule has 0 aliphatic rings. The van der Waals surface area contributed by atoms with E-state index in [-0.39, 0.29) is 0 Å². The summed E-state index contributed by atoms with van der Waals surface area (Å²) in [5.74, 6) is 0. The first kappa shape index (κ1) is 33.5. The first-order valence-electron chi connectivity index (χ1n) is 15.8. The van der Waals surface area contributed by atoms with Crippen LogP contribution >= 0.6 is 45.3 Å². The molecule has 4 aromatic rings. The van der Waals surface area contributed by atoms with Crippen LogP contribution in [-0.2, 0) is 12.8 Å². The van der Waals surface area contributed by atoms with Gasteiger partial charge in [0.15, 0.2) is 0 Å². The molecule has 0 saturated heterocycles. The summed E-state index contributed by atoms with van der Waals surface area (Å²) >= 11 is 4.32. The predicted molar refractivity (Wildman–Crippen MR) is 199 cm³/mol. The third-order valence-corrected chi connectivity index (χ3v) is 31.7. The molecule has 4 heterocycles. The van der Waals surface area contributed by atoms with Gasteiger partial charge in [0.1, 0.15) is 0 Å². The Balaban J connectivity index is 1.65. The molecule has 0 unspecified atom stereocenters. The van der Waals surface area contributed by atoms with Gasteiger partial charge in [0.05, 0.1) is 0 Å². The first-order chi connectivity index (χ1) is 19.0. The summed E-state index contributed by atoms with van der Waals surface area (Å²) in [6, 6.07) is 5.17. The minimum absolute atomic E-state index is 1.24. The zero-order valence-electron chi connectivity index (χ0n) is 26.4. The molecule has 0 aromatic carbocycles. The Morgan fingerprint density at radius 2 is 0.900 bits per heavy atom. The van der Waals surface area contributed by atoms with Crippen LogP contribution in [0.15, 0.2) is 12.1 Å². The summed E-state index contributed by atoms with van der Waals surface area (Å²) in [4.78, 5) is 18.5. The van der Waals surface area contributed by atoms with Crippen LogP contribution < -0.4 is 5.79 Å². The summed E-state index contributed by atoms with van der Waals surface area (Å²) in [7, 11) is 0. The minimum atomic E-state index is -2.06. The predicted octanol–water partition coefficient (Wildman–Crippen LogP) is 12.5. The van der Waals surface area contributed by atoms with Crippen molar-refractivity contribution in [2.24, 2.45) is 0 Å². The van der Waals surface area contributed by atoms with Gasteiger partial charge in [-0.05, 0) is 0 Å². The molecule has 0 radical (unpaired) electrons. The summed E-state index contributed by atoms with van der Waals surface area (Å²) in [6.45, 7) is 4.63.